The van der Waals surface area contributed by atoms with E-state index in [0.29, 0.717) is 11.4 Å². The maximum atomic E-state index is 13.6. The van der Waals surface area contributed by atoms with Crippen molar-refractivity contribution in [2.24, 2.45) is 0 Å². The third-order valence-electron chi connectivity index (χ3n) is 4.00. The van der Waals surface area contributed by atoms with Crippen molar-refractivity contribution in [2.45, 2.75) is 20.3 Å². The first-order valence-electron chi connectivity index (χ1n) is 8.35. The molecule has 132 valence electrons. The monoisotopic (exact) mass is 349 g/mol. The maximum absolute atomic E-state index is 13.6. The summed E-state index contributed by atoms with van der Waals surface area (Å²) in [5.41, 5.74) is 4.54. The molecule has 0 fully saturated rings. The number of aromatic nitrogens is 1. The van der Waals surface area contributed by atoms with Crippen LogP contribution in [0.3, 0.4) is 0 Å². The van der Waals surface area contributed by atoms with Crippen LogP contribution in [0.4, 0.5) is 21.6 Å². The van der Waals surface area contributed by atoms with E-state index in [1.54, 1.807) is 30.5 Å². The zero-order chi connectivity index (χ0) is 18.5. The Morgan fingerprint density at radius 3 is 2.58 bits per heavy atom. The highest BCUT2D eigenvalue weighted by Crippen LogP contribution is 2.21. The molecule has 0 spiro atoms. The summed E-state index contributed by atoms with van der Waals surface area (Å²) in [5.74, 6) is -0.265. The van der Waals surface area contributed by atoms with Crippen molar-refractivity contribution in [3.63, 3.8) is 0 Å². The van der Waals surface area contributed by atoms with Gasteiger partial charge in [-0.15, -0.1) is 0 Å². The number of carbonyl (C=O) groups is 1. The fraction of sp³-hybridized carbons (Fsp3) is 0.143. The number of nitrogens with zero attached hydrogens (tertiary/aromatic N) is 1. The molecule has 2 aromatic carbocycles. The van der Waals surface area contributed by atoms with Gasteiger partial charge in [0.25, 0.3) is 0 Å². The highest BCUT2D eigenvalue weighted by atomic mass is 19.1. The predicted octanol–water partition coefficient (Wildman–Crippen LogP) is 4.76. The number of aryl methyl sites for hydroxylation is 2. The van der Waals surface area contributed by atoms with E-state index >= 15 is 0 Å². The van der Waals surface area contributed by atoms with Crippen LogP contribution >= 0.6 is 0 Å². The number of hydrogen-bond donors (Lipinski definition) is 2. The largest absolute Gasteiger partial charge is 0.354 e. The van der Waals surface area contributed by atoms with Gasteiger partial charge < -0.3 is 10.6 Å². The molecule has 3 aromatic rings. The lowest BCUT2D eigenvalue weighted by atomic mass is 10.1. The van der Waals surface area contributed by atoms with Gasteiger partial charge in [-0.05, 0) is 49.2 Å². The molecule has 0 saturated heterocycles. The molecule has 0 saturated carbocycles. The quantitative estimate of drug-likeness (QED) is 0.698. The van der Waals surface area contributed by atoms with Crippen LogP contribution < -0.4 is 10.6 Å². The topological polar surface area (TPSA) is 54.0 Å². The van der Waals surface area contributed by atoms with E-state index in [2.05, 4.69) is 28.6 Å². The summed E-state index contributed by atoms with van der Waals surface area (Å²) in [6.07, 6.45) is 1.62. The van der Waals surface area contributed by atoms with E-state index in [0.717, 1.165) is 16.9 Å². The molecule has 0 radical (unpaired) electrons. The summed E-state index contributed by atoms with van der Waals surface area (Å²) in [6, 6.07) is 16.0. The van der Waals surface area contributed by atoms with Gasteiger partial charge in [0.05, 0.1) is 18.3 Å². The second-order valence-corrected chi connectivity index (χ2v) is 6.19. The number of benzene rings is 2. The highest BCUT2D eigenvalue weighted by molar-refractivity contribution is 5.91. The highest BCUT2D eigenvalue weighted by Gasteiger charge is 2.08. The molecule has 5 heteroatoms. The molecule has 0 unspecified atom stereocenters. The van der Waals surface area contributed by atoms with Gasteiger partial charge in [-0.1, -0.05) is 35.9 Å². The Kier molecular flexibility index (Phi) is 5.27. The van der Waals surface area contributed by atoms with Crippen molar-refractivity contribution < 1.29 is 9.18 Å². The second-order valence-electron chi connectivity index (χ2n) is 6.19. The van der Waals surface area contributed by atoms with Crippen molar-refractivity contribution in [3.8, 4) is 0 Å². The summed E-state index contributed by atoms with van der Waals surface area (Å²) in [4.78, 5) is 16.3. The van der Waals surface area contributed by atoms with Crippen LogP contribution in [0.5, 0.6) is 0 Å². The molecule has 1 amide bonds. The zero-order valence-electron chi connectivity index (χ0n) is 14.7. The van der Waals surface area contributed by atoms with Gasteiger partial charge in [0, 0.05) is 5.69 Å². The molecule has 1 aromatic heterocycles. The predicted molar refractivity (Wildman–Crippen MR) is 102 cm³/mol. The summed E-state index contributed by atoms with van der Waals surface area (Å²) < 4.78 is 13.6. The van der Waals surface area contributed by atoms with Gasteiger partial charge in [0.2, 0.25) is 5.91 Å². The van der Waals surface area contributed by atoms with Crippen LogP contribution in [0.2, 0.25) is 0 Å². The Morgan fingerprint density at radius 2 is 1.88 bits per heavy atom. The molecular formula is C21H20FN3O. The first kappa shape index (κ1) is 17.6. The van der Waals surface area contributed by atoms with E-state index < -0.39 is 0 Å². The summed E-state index contributed by atoms with van der Waals surface area (Å²) in [7, 11) is 0. The standard InChI is InChI=1S/C21H20FN3O/c1-14-7-9-19(15(2)11-14)24-17-8-10-20(23-13-17)25-21(26)12-16-5-3-4-6-18(16)22/h3-11,13,24H,12H2,1-2H3,(H,23,25,26). The lowest BCUT2D eigenvalue weighted by Crippen LogP contribution is -2.16. The lowest BCUT2D eigenvalue weighted by Gasteiger charge is -2.11. The van der Waals surface area contributed by atoms with Crippen LogP contribution in [0.15, 0.2) is 60.8 Å². The number of rotatable bonds is 5. The van der Waals surface area contributed by atoms with E-state index in [4.69, 9.17) is 0 Å². The Balaban J connectivity index is 1.62. The van der Waals surface area contributed by atoms with Gasteiger partial charge in [-0.25, -0.2) is 9.37 Å². The normalized spacial score (nSPS) is 10.4. The minimum Gasteiger partial charge on any atom is -0.354 e. The van der Waals surface area contributed by atoms with E-state index in [9.17, 15) is 9.18 Å². The molecule has 0 aliphatic rings. The van der Waals surface area contributed by atoms with E-state index in [-0.39, 0.29) is 18.1 Å². The number of halogens is 1. The van der Waals surface area contributed by atoms with E-state index in [1.807, 2.05) is 25.1 Å². The Hall–Kier alpha value is -3.21. The van der Waals surface area contributed by atoms with Crippen molar-refractivity contribution in [1.29, 1.82) is 0 Å². The number of amides is 1. The maximum Gasteiger partial charge on any atom is 0.230 e. The van der Waals surface area contributed by atoms with Gasteiger partial charge in [-0.2, -0.15) is 0 Å². The van der Waals surface area contributed by atoms with Crippen LogP contribution in [0, 0.1) is 19.7 Å². The smallest absolute Gasteiger partial charge is 0.230 e. The molecule has 0 aliphatic heterocycles. The average molecular weight is 349 g/mol. The summed E-state index contributed by atoms with van der Waals surface area (Å²) in [5, 5.41) is 5.99. The summed E-state index contributed by atoms with van der Waals surface area (Å²) >= 11 is 0. The number of carbonyl (C=O) groups excluding carboxylic acids is 1. The molecule has 26 heavy (non-hydrogen) atoms. The molecule has 0 atom stereocenters. The van der Waals surface area contributed by atoms with Crippen LogP contribution in [0.1, 0.15) is 16.7 Å². The van der Waals surface area contributed by atoms with Crippen molar-refractivity contribution >= 4 is 23.1 Å². The minimum atomic E-state index is -0.386. The van der Waals surface area contributed by atoms with Gasteiger partial charge in [-0.3, -0.25) is 4.79 Å². The van der Waals surface area contributed by atoms with Crippen LogP contribution in [-0.4, -0.2) is 10.9 Å². The van der Waals surface area contributed by atoms with Crippen molar-refractivity contribution in [3.05, 3.63) is 83.3 Å². The van der Waals surface area contributed by atoms with Crippen molar-refractivity contribution in [1.82, 2.24) is 4.98 Å². The zero-order valence-corrected chi connectivity index (χ0v) is 14.7. The fourth-order valence-corrected chi connectivity index (χ4v) is 2.65. The lowest BCUT2D eigenvalue weighted by molar-refractivity contribution is -0.115. The summed E-state index contributed by atoms with van der Waals surface area (Å²) in [6.45, 7) is 4.09. The molecule has 4 nitrogen and oxygen atoms in total. The number of nitrogens with one attached hydrogen (secondary N) is 2. The molecule has 0 aliphatic carbocycles. The molecule has 0 bridgehead atoms. The first-order chi connectivity index (χ1) is 12.5. The third kappa shape index (κ3) is 4.45. The third-order valence-corrected chi connectivity index (χ3v) is 4.00. The average Bonchev–Trinajstić information content (AvgIpc) is 2.61. The molecular weight excluding hydrogens is 329 g/mol. The first-order valence-corrected chi connectivity index (χ1v) is 8.35. The minimum absolute atomic E-state index is 0.0308. The van der Waals surface area contributed by atoms with E-state index in [1.165, 1.54) is 11.6 Å². The second kappa shape index (κ2) is 7.78. The molecule has 2 N–H and O–H groups in total. The van der Waals surface area contributed by atoms with Crippen molar-refractivity contribution in [2.75, 3.05) is 10.6 Å². The Labute approximate surface area is 152 Å². The number of hydrogen-bond acceptors (Lipinski definition) is 3. The fourth-order valence-electron chi connectivity index (χ4n) is 2.65. The van der Waals surface area contributed by atoms with Gasteiger partial charge in [0.15, 0.2) is 0 Å². The number of pyridine rings is 1. The van der Waals surface area contributed by atoms with Gasteiger partial charge >= 0.3 is 0 Å². The van der Waals surface area contributed by atoms with Crippen LogP contribution in [-0.2, 0) is 11.2 Å². The molecule has 1 heterocycles. The Morgan fingerprint density at radius 1 is 1.08 bits per heavy atom. The van der Waals surface area contributed by atoms with Gasteiger partial charge in [0.1, 0.15) is 11.6 Å². The van der Waals surface area contributed by atoms with Crippen LogP contribution in [0.25, 0.3) is 0 Å². The number of anilines is 3. The Bertz CT molecular complexity index is 923. The molecule has 3 rings (SSSR count). The SMILES string of the molecule is Cc1ccc(Nc2ccc(NC(=O)Cc3ccccc3F)nc2)c(C)c1.